The van der Waals surface area contributed by atoms with Gasteiger partial charge in [-0.3, -0.25) is 4.68 Å². The van der Waals surface area contributed by atoms with Crippen LogP contribution in [0.2, 0.25) is 0 Å². The second-order valence-electron chi connectivity index (χ2n) is 11.1. The van der Waals surface area contributed by atoms with Crippen LogP contribution in [0.5, 0.6) is 0 Å². The zero-order valence-electron chi connectivity index (χ0n) is 23.2. The zero-order chi connectivity index (χ0) is 28.8. The van der Waals surface area contributed by atoms with E-state index in [9.17, 15) is 14.6 Å². The molecule has 0 unspecified atom stereocenters. The van der Waals surface area contributed by atoms with Gasteiger partial charge in [0.25, 0.3) is 0 Å². The van der Waals surface area contributed by atoms with Gasteiger partial charge in [-0.2, -0.15) is 5.10 Å². The second-order valence-corrected chi connectivity index (χ2v) is 11.1. The summed E-state index contributed by atoms with van der Waals surface area (Å²) in [5, 5.41) is 26.1. The Bertz CT molecular complexity index is 1650. The van der Waals surface area contributed by atoms with Gasteiger partial charge in [0.1, 0.15) is 29.2 Å². The van der Waals surface area contributed by atoms with Gasteiger partial charge in [-0.05, 0) is 44.5 Å². The Hall–Kier alpha value is -4.42. The van der Waals surface area contributed by atoms with Crippen LogP contribution in [0.15, 0.2) is 61.4 Å². The van der Waals surface area contributed by atoms with Gasteiger partial charge in [-0.25, -0.2) is 24.3 Å². The molecule has 212 valence electrons. The molecule has 0 saturated carbocycles. The molecule has 5 heterocycles. The first kappa shape index (κ1) is 26.8. The predicted octanol–water partition coefficient (Wildman–Crippen LogP) is 3.06. The monoisotopic (exact) mass is 557 g/mol. The van der Waals surface area contributed by atoms with E-state index in [4.69, 9.17) is 0 Å². The van der Waals surface area contributed by atoms with E-state index in [1.165, 1.54) is 12.1 Å². The number of hydrogen-bond acceptors (Lipinski definition) is 9. The summed E-state index contributed by atoms with van der Waals surface area (Å²) >= 11 is 0. The van der Waals surface area contributed by atoms with Gasteiger partial charge in [-0.1, -0.05) is 12.1 Å². The van der Waals surface area contributed by atoms with Crippen LogP contribution >= 0.6 is 0 Å². The molecule has 6 rings (SSSR count). The van der Waals surface area contributed by atoms with Crippen LogP contribution in [-0.2, 0) is 11.1 Å². The van der Waals surface area contributed by atoms with Crippen molar-refractivity contribution in [2.24, 2.45) is 0 Å². The fourth-order valence-corrected chi connectivity index (χ4v) is 4.99. The Labute approximate surface area is 236 Å². The number of H-pyrrole nitrogens is 1. The highest BCUT2D eigenvalue weighted by molar-refractivity contribution is 5.91. The van der Waals surface area contributed by atoms with Crippen molar-refractivity contribution in [1.82, 2.24) is 34.7 Å². The SMILES string of the molecule is CC(C)(CO)n1cc(-c2cc3c(N4CCN(c5ncc([C@@](C)(O)c6ccc(F)cc6)cn5)CC4)ncnc3[nH]2)cn1. The van der Waals surface area contributed by atoms with E-state index in [1.54, 1.807) is 48.7 Å². The maximum Gasteiger partial charge on any atom is 0.225 e. The van der Waals surface area contributed by atoms with Crippen LogP contribution in [-0.4, -0.2) is 77.7 Å². The van der Waals surface area contributed by atoms with E-state index in [0.717, 1.165) is 28.1 Å². The van der Waals surface area contributed by atoms with Crippen LogP contribution in [0, 0.1) is 5.82 Å². The van der Waals surface area contributed by atoms with Crippen LogP contribution in [0.3, 0.4) is 0 Å². The average molecular weight is 558 g/mol. The molecule has 0 spiro atoms. The molecule has 0 bridgehead atoms. The van der Waals surface area contributed by atoms with Gasteiger partial charge in [0.2, 0.25) is 5.95 Å². The molecule has 3 N–H and O–H groups in total. The van der Waals surface area contributed by atoms with Gasteiger partial charge in [0, 0.05) is 55.9 Å². The predicted molar refractivity (Wildman–Crippen MR) is 153 cm³/mol. The molecule has 1 aromatic carbocycles. The third kappa shape index (κ3) is 5.00. The van der Waals surface area contributed by atoms with Crippen LogP contribution < -0.4 is 9.80 Å². The van der Waals surface area contributed by atoms with Crippen LogP contribution in [0.1, 0.15) is 31.9 Å². The highest BCUT2D eigenvalue weighted by Crippen LogP contribution is 2.31. The molecule has 1 aliphatic rings. The minimum atomic E-state index is -1.34. The number of aromatic nitrogens is 7. The van der Waals surface area contributed by atoms with E-state index in [-0.39, 0.29) is 12.4 Å². The molecule has 5 aromatic rings. The van der Waals surface area contributed by atoms with Crippen molar-refractivity contribution in [2.45, 2.75) is 31.9 Å². The molecule has 1 atom stereocenters. The number of hydrogen-bond donors (Lipinski definition) is 3. The highest BCUT2D eigenvalue weighted by atomic mass is 19.1. The molecule has 0 amide bonds. The van der Waals surface area contributed by atoms with Crippen molar-refractivity contribution >= 4 is 22.8 Å². The Kier molecular flexibility index (Phi) is 6.66. The molecule has 0 radical (unpaired) electrons. The fraction of sp³-hybridized carbons (Fsp3) is 0.345. The smallest absolute Gasteiger partial charge is 0.225 e. The van der Waals surface area contributed by atoms with Crippen molar-refractivity contribution in [3.63, 3.8) is 0 Å². The van der Waals surface area contributed by atoms with E-state index in [1.807, 2.05) is 26.1 Å². The van der Waals surface area contributed by atoms with Crippen molar-refractivity contribution in [3.8, 4) is 11.3 Å². The number of aromatic amines is 1. The lowest BCUT2D eigenvalue weighted by Gasteiger charge is -2.35. The van der Waals surface area contributed by atoms with Crippen molar-refractivity contribution < 1.29 is 14.6 Å². The van der Waals surface area contributed by atoms with E-state index < -0.39 is 11.1 Å². The summed E-state index contributed by atoms with van der Waals surface area (Å²) in [6.45, 7) is 8.30. The van der Waals surface area contributed by atoms with Crippen molar-refractivity contribution in [3.05, 3.63) is 78.4 Å². The number of piperazine rings is 1. The highest BCUT2D eigenvalue weighted by Gasteiger charge is 2.28. The lowest BCUT2D eigenvalue weighted by Crippen LogP contribution is -2.47. The van der Waals surface area contributed by atoms with Crippen molar-refractivity contribution in [2.75, 3.05) is 42.6 Å². The van der Waals surface area contributed by atoms with Gasteiger partial charge >= 0.3 is 0 Å². The Morgan fingerprint density at radius 1 is 0.902 bits per heavy atom. The second kappa shape index (κ2) is 10.2. The lowest BCUT2D eigenvalue weighted by molar-refractivity contribution is 0.101. The number of nitrogens with one attached hydrogen (secondary N) is 1. The van der Waals surface area contributed by atoms with Gasteiger partial charge in [0.05, 0.1) is 29.4 Å². The first-order chi connectivity index (χ1) is 19.7. The van der Waals surface area contributed by atoms with Crippen molar-refractivity contribution in [1.29, 1.82) is 0 Å². The molecular weight excluding hydrogens is 525 g/mol. The molecule has 1 fully saturated rings. The van der Waals surface area contributed by atoms with Crippen LogP contribution in [0.25, 0.3) is 22.3 Å². The average Bonchev–Trinajstić information content (AvgIpc) is 3.66. The molecule has 1 aliphatic heterocycles. The topological polar surface area (TPSA) is 132 Å². The third-order valence-electron chi connectivity index (χ3n) is 7.77. The lowest BCUT2D eigenvalue weighted by atomic mass is 9.90. The number of halogens is 1. The number of aliphatic hydroxyl groups is 2. The molecular formula is C29H32FN9O2. The largest absolute Gasteiger partial charge is 0.394 e. The summed E-state index contributed by atoms with van der Waals surface area (Å²) in [5.41, 5.74) is 1.78. The van der Waals surface area contributed by atoms with E-state index in [2.05, 4.69) is 39.8 Å². The number of rotatable bonds is 7. The summed E-state index contributed by atoms with van der Waals surface area (Å²) in [4.78, 5) is 25.8. The third-order valence-corrected chi connectivity index (χ3v) is 7.77. The standard InChI is InChI=1S/C29H32FN9O2/c1-28(2,17-40)39-16-19(13-35-39)24-12-23-25(36-24)33-18-34-26(23)37-8-10-38(11-9-37)27-31-14-21(15-32-27)29(3,41)20-4-6-22(30)7-5-20/h4-7,12-16,18,40-41H,8-11,17H2,1-3H3,(H,33,34,36)/t29-/m0/s1. The molecule has 12 heteroatoms. The summed E-state index contributed by atoms with van der Waals surface area (Å²) in [7, 11) is 0. The fourth-order valence-electron chi connectivity index (χ4n) is 4.99. The minimum absolute atomic E-state index is 0.0194. The Morgan fingerprint density at radius 3 is 2.27 bits per heavy atom. The Morgan fingerprint density at radius 2 is 1.59 bits per heavy atom. The number of benzene rings is 1. The first-order valence-corrected chi connectivity index (χ1v) is 13.5. The van der Waals surface area contributed by atoms with E-state index >= 15 is 0 Å². The number of fused-ring (bicyclic) bond motifs is 1. The normalized spacial score (nSPS) is 15.9. The summed E-state index contributed by atoms with van der Waals surface area (Å²) in [6, 6.07) is 7.81. The van der Waals surface area contributed by atoms with Gasteiger partial charge < -0.3 is 25.0 Å². The van der Waals surface area contributed by atoms with Gasteiger partial charge in [-0.15, -0.1) is 0 Å². The molecule has 41 heavy (non-hydrogen) atoms. The molecule has 1 saturated heterocycles. The number of nitrogens with zero attached hydrogens (tertiary/aromatic N) is 8. The summed E-state index contributed by atoms with van der Waals surface area (Å²) in [6.07, 6.45) is 8.50. The quantitative estimate of drug-likeness (QED) is 0.276. The molecule has 11 nitrogen and oxygen atoms in total. The first-order valence-electron chi connectivity index (χ1n) is 13.5. The van der Waals surface area contributed by atoms with E-state index in [0.29, 0.717) is 43.3 Å². The van der Waals surface area contributed by atoms with Gasteiger partial charge in [0.15, 0.2) is 0 Å². The number of anilines is 2. The van der Waals surface area contributed by atoms with Crippen LogP contribution in [0.4, 0.5) is 16.2 Å². The maximum atomic E-state index is 13.3. The molecule has 4 aromatic heterocycles. The summed E-state index contributed by atoms with van der Waals surface area (Å²) in [5.74, 6) is 1.08. The maximum absolute atomic E-state index is 13.3. The summed E-state index contributed by atoms with van der Waals surface area (Å²) < 4.78 is 15.1. The zero-order valence-corrected chi connectivity index (χ0v) is 23.2. The Balaban J connectivity index is 1.16. The minimum Gasteiger partial charge on any atom is -0.394 e. The number of aliphatic hydroxyl groups excluding tert-OH is 1. The molecule has 0 aliphatic carbocycles.